The highest BCUT2D eigenvalue weighted by Gasteiger charge is 2.61. The zero-order chi connectivity index (χ0) is 21.6. The molecule has 162 valence electrons. The zero-order valence-electron chi connectivity index (χ0n) is 16.0. The number of hydrogen-bond donors (Lipinski definition) is 3. The minimum atomic E-state index is -3.55. The van der Waals surface area contributed by atoms with Crippen molar-refractivity contribution in [3.63, 3.8) is 0 Å². The van der Waals surface area contributed by atoms with Crippen LogP contribution in [0.3, 0.4) is 0 Å². The Morgan fingerprint density at radius 1 is 0.966 bits per heavy atom. The molecule has 0 aromatic rings. The van der Waals surface area contributed by atoms with E-state index in [0.717, 1.165) is 32.6 Å². The predicted molar refractivity (Wildman–Crippen MR) is 95.6 cm³/mol. The normalized spacial score (nSPS) is 26.6. The second kappa shape index (κ2) is 9.95. The third kappa shape index (κ3) is 6.91. The molecule has 29 heavy (non-hydrogen) atoms. The van der Waals surface area contributed by atoms with Gasteiger partial charge in [0.25, 0.3) is 0 Å². The number of esters is 2. The van der Waals surface area contributed by atoms with Crippen LogP contribution in [-0.4, -0.2) is 53.3 Å². The first-order valence-electron chi connectivity index (χ1n) is 9.11. The van der Waals surface area contributed by atoms with Gasteiger partial charge >= 0.3 is 37.9 Å². The molecule has 1 aliphatic carbocycles. The second-order valence-corrected chi connectivity index (χ2v) is 8.61. The molecular weight excluding hydrogens is 411 g/mol. The number of carboxylic acid groups (broad SMARTS) is 1. The maximum atomic E-state index is 12.2. The Morgan fingerprint density at radius 2 is 1.55 bits per heavy atom. The Kier molecular flexibility index (Phi) is 7.88. The van der Waals surface area contributed by atoms with Gasteiger partial charge in [-0.3, -0.25) is 9.59 Å². The van der Waals surface area contributed by atoms with Crippen molar-refractivity contribution in [2.24, 2.45) is 0 Å². The van der Waals surface area contributed by atoms with Crippen LogP contribution in [0, 0.1) is 0 Å². The maximum Gasteiger partial charge on any atom is 0.527 e. The molecule has 1 heterocycles. The molecule has 1 saturated carbocycles. The van der Waals surface area contributed by atoms with Crippen LogP contribution in [0.5, 0.6) is 0 Å². The molecule has 0 spiro atoms. The van der Waals surface area contributed by atoms with E-state index < -0.39 is 57.0 Å². The van der Waals surface area contributed by atoms with E-state index >= 15 is 0 Å². The van der Waals surface area contributed by atoms with E-state index in [1.807, 2.05) is 0 Å². The molecule has 3 N–H and O–H groups in total. The Labute approximate surface area is 167 Å². The molecule has 2 fully saturated rings. The summed E-state index contributed by atoms with van der Waals surface area (Å²) in [5, 5.41) is 14.6. The van der Waals surface area contributed by atoms with Crippen molar-refractivity contribution in [3.8, 4) is 0 Å². The van der Waals surface area contributed by atoms with Gasteiger partial charge in [0.1, 0.15) is 0 Å². The number of nitrogens with one attached hydrogen (secondary N) is 2. The lowest BCUT2D eigenvalue weighted by molar-refractivity contribution is -0.188. The van der Waals surface area contributed by atoms with Crippen molar-refractivity contribution in [2.45, 2.75) is 70.7 Å². The molecular formula is C16H24N2O10P+. The molecule has 0 aromatic carbocycles. The minimum absolute atomic E-state index is 0.131. The quantitative estimate of drug-likeness (QED) is 0.220. The lowest BCUT2D eigenvalue weighted by atomic mass is 9.92. The summed E-state index contributed by atoms with van der Waals surface area (Å²) in [5.41, 5.74) is 0. The van der Waals surface area contributed by atoms with Crippen LogP contribution in [0.25, 0.3) is 0 Å². The van der Waals surface area contributed by atoms with E-state index in [1.54, 1.807) is 0 Å². The first-order valence-corrected chi connectivity index (χ1v) is 10.7. The minimum Gasteiger partial charge on any atom is -0.481 e. The first kappa shape index (κ1) is 23.0. The maximum absolute atomic E-state index is 12.2. The average Bonchev–Trinajstić information content (AvgIpc) is 2.96. The molecule has 1 aliphatic heterocycles. The van der Waals surface area contributed by atoms with Gasteiger partial charge in [0.2, 0.25) is 6.29 Å². The molecule has 2 aliphatic rings. The zero-order valence-corrected chi connectivity index (χ0v) is 16.9. The van der Waals surface area contributed by atoms with Crippen molar-refractivity contribution in [3.05, 3.63) is 0 Å². The topological polar surface area (TPSA) is 167 Å². The third-order valence-corrected chi connectivity index (χ3v) is 6.42. The smallest absolute Gasteiger partial charge is 0.481 e. The first-order chi connectivity index (χ1) is 13.6. The van der Waals surface area contributed by atoms with Gasteiger partial charge in [-0.1, -0.05) is 12.8 Å². The van der Waals surface area contributed by atoms with Gasteiger partial charge in [0, 0.05) is 13.8 Å². The SMILES string of the molecule is CC(=O)O[C@H](C)OC(=O)C(=O)O[P+]1(OC(=O)CCC(=O)O)NC2CCCCC2N1. The summed E-state index contributed by atoms with van der Waals surface area (Å²) >= 11 is 0. The van der Waals surface area contributed by atoms with E-state index in [1.165, 1.54) is 6.92 Å². The summed E-state index contributed by atoms with van der Waals surface area (Å²) in [6.45, 7) is 2.35. The van der Waals surface area contributed by atoms with Crippen LogP contribution in [-0.2, 0) is 42.5 Å². The third-order valence-electron chi connectivity index (χ3n) is 4.19. The van der Waals surface area contributed by atoms with Crippen LogP contribution < -0.4 is 10.2 Å². The monoisotopic (exact) mass is 435 g/mol. The Balaban J connectivity index is 2.06. The number of hydrogen-bond acceptors (Lipinski definition) is 11. The van der Waals surface area contributed by atoms with Crippen LogP contribution >= 0.6 is 8.02 Å². The molecule has 0 amide bonds. The Bertz CT molecular complexity index is 671. The van der Waals surface area contributed by atoms with Gasteiger partial charge < -0.3 is 14.6 Å². The van der Waals surface area contributed by atoms with Crippen LogP contribution in [0.2, 0.25) is 0 Å². The van der Waals surface area contributed by atoms with E-state index in [2.05, 4.69) is 19.6 Å². The summed E-state index contributed by atoms with van der Waals surface area (Å²) in [6.07, 6.45) is 1.15. The fraction of sp³-hybridized carbons (Fsp3) is 0.688. The molecule has 3 atom stereocenters. The summed E-state index contributed by atoms with van der Waals surface area (Å²) in [5.74, 6) is -5.66. The predicted octanol–water partition coefficient (Wildman–Crippen LogP) is 0.572. The Morgan fingerprint density at radius 3 is 2.07 bits per heavy atom. The lowest BCUT2D eigenvalue weighted by Crippen LogP contribution is -2.36. The molecule has 0 radical (unpaired) electrons. The summed E-state index contributed by atoms with van der Waals surface area (Å²) in [6, 6.07) is -0.263. The molecule has 0 bridgehead atoms. The van der Waals surface area contributed by atoms with Crippen LogP contribution in [0.4, 0.5) is 0 Å². The van der Waals surface area contributed by atoms with Gasteiger partial charge in [0.15, 0.2) is 0 Å². The number of rotatable bonds is 7. The number of aliphatic carboxylic acids is 1. The molecule has 13 heteroatoms. The average molecular weight is 435 g/mol. The number of carbonyl (C=O) groups is 5. The van der Waals surface area contributed by atoms with E-state index in [9.17, 15) is 24.0 Å². The highest BCUT2D eigenvalue weighted by atomic mass is 31.2. The molecule has 2 unspecified atom stereocenters. The van der Waals surface area contributed by atoms with Crippen molar-refractivity contribution in [1.29, 1.82) is 0 Å². The van der Waals surface area contributed by atoms with E-state index in [0.29, 0.717) is 0 Å². The van der Waals surface area contributed by atoms with Gasteiger partial charge in [-0.25, -0.2) is 23.4 Å². The summed E-state index contributed by atoms with van der Waals surface area (Å²) in [4.78, 5) is 57.7. The van der Waals surface area contributed by atoms with Crippen LogP contribution in [0.1, 0.15) is 52.4 Å². The summed E-state index contributed by atoms with van der Waals surface area (Å²) < 4.78 is 19.7. The fourth-order valence-corrected chi connectivity index (χ4v) is 5.55. The van der Waals surface area contributed by atoms with Gasteiger partial charge in [-0.15, -0.1) is 10.2 Å². The number of carbonyl (C=O) groups excluding carboxylic acids is 4. The largest absolute Gasteiger partial charge is 0.527 e. The number of ether oxygens (including phenoxy) is 2. The number of fused-ring (bicyclic) bond motifs is 1. The van der Waals surface area contributed by atoms with E-state index in [-0.39, 0.29) is 12.1 Å². The lowest BCUT2D eigenvalue weighted by Gasteiger charge is -2.19. The second-order valence-electron chi connectivity index (χ2n) is 6.63. The van der Waals surface area contributed by atoms with Crippen LogP contribution in [0.15, 0.2) is 0 Å². The highest BCUT2D eigenvalue weighted by Crippen LogP contribution is 2.59. The van der Waals surface area contributed by atoms with Crippen molar-refractivity contribution >= 4 is 37.9 Å². The summed E-state index contributed by atoms with van der Waals surface area (Å²) in [7, 11) is -3.55. The van der Waals surface area contributed by atoms with Crippen molar-refractivity contribution in [2.75, 3.05) is 0 Å². The van der Waals surface area contributed by atoms with Crippen molar-refractivity contribution < 1.29 is 47.6 Å². The molecule has 2 rings (SSSR count). The molecule has 12 nitrogen and oxygen atoms in total. The highest BCUT2D eigenvalue weighted by molar-refractivity contribution is 7.63. The van der Waals surface area contributed by atoms with Crippen molar-refractivity contribution in [1.82, 2.24) is 10.2 Å². The Hall–Kier alpha value is -2.30. The van der Waals surface area contributed by atoms with E-state index in [4.69, 9.17) is 14.2 Å². The standard InChI is InChI=1S/C16H23N2O10P/c1-9(19)25-10(2)26-15(23)16(24)28-29(27-14(22)8-7-13(20)21)17-11-5-3-4-6-12(11)18-29/h10-12,17-18H,3-8H2,1-2H3/p+1/t10-,11?,12?,29?/m0/s1. The van der Waals surface area contributed by atoms with Gasteiger partial charge in [-0.05, 0) is 12.8 Å². The van der Waals surface area contributed by atoms with Gasteiger partial charge in [-0.2, -0.15) is 0 Å². The molecule has 1 saturated heterocycles. The number of carboxylic acids is 1. The molecule has 0 aromatic heterocycles. The fourth-order valence-electron chi connectivity index (χ4n) is 3.05. The van der Waals surface area contributed by atoms with Gasteiger partial charge in [0.05, 0.1) is 24.9 Å².